The molecule has 1 atom stereocenters. The Morgan fingerprint density at radius 3 is 2.62 bits per heavy atom. The van der Waals surface area contributed by atoms with Crippen molar-refractivity contribution in [3.63, 3.8) is 0 Å². The van der Waals surface area contributed by atoms with Crippen LogP contribution >= 0.6 is 0 Å². The lowest BCUT2D eigenvalue weighted by Gasteiger charge is -2.53. The molecule has 156 valence electrons. The summed E-state index contributed by atoms with van der Waals surface area (Å²) in [6.07, 6.45) is 7.79. The molecule has 1 unspecified atom stereocenters. The highest BCUT2D eigenvalue weighted by Gasteiger charge is 2.50. The second kappa shape index (κ2) is 7.65. The Morgan fingerprint density at radius 2 is 2.03 bits per heavy atom. The van der Waals surface area contributed by atoms with Gasteiger partial charge in [0, 0.05) is 32.9 Å². The maximum absolute atomic E-state index is 12.8. The van der Waals surface area contributed by atoms with E-state index >= 15 is 0 Å². The number of hydrogen-bond donors (Lipinski definition) is 1. The Balaban J connectivity index is 1.38. The van der Waals surface area contributed by atoms with Crippen LogP contribution in [0.4, 0.5) is 0 Å². The summed E-state index contributed by atoms with van der Waals surface area (Å²) in [7, 11) is 1.90. The van der Waals surface area contributed by atoms with Crippen LogP contribution in [0.3, 0.4) is 0 Å². The molecule has 0 bridgehead atoms. The molecule has 2 aliphatic rings. The first-order valence-corrected chi connectivity index (χ1v) is 10.5. The van der Waals surface area contributed by atoms with Gasteiger partial charge in [0.15, 0.2) is 5.69 Å². The molecule has 2 fully saturated rings. The molecule has 1 saturated carbocycles. The van der Waals surface area contributed by atoms with Crippen LogP contribution in [0.2, 0.25) is 0 Å². The van der Waals surface area contributed by atoms with Crippen molar-refractivity contribution in [2.24, 2.45) is 18.4 Å². The van der Waals surface area contributed by atoms with Gasteiger partial charge in [-0.3, -0.25) is 9.59 Å². The van der Waals surface area contributed by atoms with Crippen molar-refractivity contribution in [3.05, 3.63) is 35.9 Å². The molecule has 0 radical (unpaired) electrons. The van der Waals surface area contributed by atoms with Gasteiger partial charge in [-0.05, 0) is 49.1 Å². The molecule has 2 aromatic heterocycles. The topological polar surface area (TPSA) is 85.0 Å². The Morgan fingerprint density at radius 1 is 1.28 bits per heavy atom. The van der Waals surface area contributed by atoms with E-state index in [1.807, 2.05) is 39.5 Å². The van der Waals surface area contributed by atoms with Gasteiger partial charge in [0.05, 0.1) is 12.2 Å². The third kappa shape index (κ3) is 3.68. The normalized spacial score (nSPS) is 20.7. The predicted molar refractivity (Wildman–Crippen MR) is 108 cm³/mol. The number of hydrogen-bond acceptors (Lipinski definition) is 4. The maximum Gasteiger partial charge on any atom is 0.273 e. The van der Waals surface area contributed by atoms with E-state index in [-0.39, 0.29) is 23.3 Å². The fourth-order valence-electron chi connectivity index (χ4n) is 4.60. The summed E-state index contributed by atoms with van der Waals surface area (Å²) in [6.45, 7) is 6.27. The van der Waals surface area contributed by atoms with Gasteiger partial charge in [-0.25, -0.2) is 4.68 Å². The number of carbonyl (C=O) groups is 2. The van der Waals surface area contributed by atoms with Crippen LogP contribution in [0.25, 0.3) is 0 Å². The highest BCUT2D eigenvalue weighted by atomic mass is 16.2. The molecule has 1 saturated heterocycles. The predicted octanol–water partition coefficient (Wildman–Crippen LogP) is 2.26. The maximum atomic E-state index is 12.8. The molecule has 0 aromatic carbocycles. The minimum Gasteiger partial charge on any atom is -0.350 e. The number of amides is 2. The lowest BCUT2D eigenvalue weighted by atomic mass is 9.59. The Kier molecular flexibility index (Phi) is 5.19. The minimum absolute atomic E-state index is 0.105. The number of rotatable bonds is 5. The van der Waals surface area contributed by atoms with E-state index in [9.17, 15) is 9.59 Å². The zero-order chi connectivity index (χ0) is 20.6. The number of aryl methyl sites for hydroxylation is 1. The summed E-state index contributed by atoms with van der Waals surface area (Å²) in [6, 6.07) is 4.04. The third-order valence-electron chi connectivity index (χ3n) is 6.56. The SMILES string of the molecule is CC(C)CNC(=O)c1cn(C2CCC23CCN(C(=O)c2cccn2C)CC3)nn1. The van der Waals surface area contributed by atoms with Gasteiger partial charge in [-0.15, -0.1) is 5.10 Å². The molecule has 8 nitrogen and oxygen atoms in total. The largest absolute Gasteiger partial charge is 0.350 e. The first-order valence-electron chi connectivity index (χ1n) is 10.5. The van der Waals surface area contributed by atoms with E-state index in [4.69, 9.17) is 0 Å². The molecule has 8 heteroatoms. The van der Waals surface area contributed by atoms with E-state index in [0.29, 0.717) is 18.2 Å². The van der Waals surface area contributed by atoms with Gasteiger partial charge < -0.3 is 14.8 Å². The van der Waals surface area contributed by atoms with Crippen molar-refractivity contribution in [2.45, 2.75) is 45.6 Å². The summed E-state index contributed by atoms with van der Waals surface area (Å²) in [4.78, 5) is 27.0. The second-order valence-corrected chi connectivity index (χ2v) is 8.90. The molecule has 3 heterocycles. The average Bonchev–Trinajstić information content (AvgIpc) is 3.34. The quantitative estimate of drug-likeness (QED) is 0.837. The Bertz CT molecular complexity index is 891. The molecule has 29 heavy (non-hydrogen) atoms. The summed E-state index contributed by atoms with van der Waals surface area (Å²) >= 11 is 0. The van der Waals surface area contributed by atoms with Crippen LogP contribution in [0.15, 0.2) is 24.5 Å². The van der Waals surface area contributed by atoms with Gasteiger partial charge in [-0.1, -0.05) is 19.1 Å². The number of nitrogens with zero attached hydrogens (tertiary/aromatic N) is 5. The summed E-state index contributed by atoms with van der Waals surface area (Å²) in [5.74, 6) is 0.335. The smallest absolute Gasteiger partial charge is 0.273 e. The van der Waals surface area contributed by atoms with E-state index < -0.39 is 0 Å². The lowest BCUT2D eigenvalue weighted by Crippen LogP contribution is -2.51. The standard InChI is InChI=1S/C21H30N6O2/c1-15(2)13-22-19(28)16-14-27(24-23-16)18-6-7-21(18)8-11-26(12-9-21)20(29)17-5-4-10-25(17)3/h4-5,10,14-15,18H,6-9,11-13H2,1-3H3,(H,22,28). The summed E-state index contributed by atoms with van der Waals surface area (Å²) < 4.78 is 3.75. The van der Waals surface area contributed by atoms with E-state index in [0.717, 1.165) is 44.5 Å². The van der Waals surface area contributed by atoms with E-state index in [2.05, 4.69) is 29.5 Å². The number of likely N-dealkylation sites (tertiary alicyclic amines) is 1. The van der Waals surface area contributed by atoms with Crippen LogP contribution in [0.5, 0.6) is 0 Å². The average molecular weight is 399 g/mol. The van der Waals surface area contributed by atoms with Crippen molar-refractivity contribution in [2.75, 3.05) is 19.6 Å². The molecule has 4 rings (SSSR count). The van der Waals surface area contributed by atoms with Crippen molar-refractivity contribution in [3.8, 4) is 0 Å². The molecular formula is C21H30N6O2. The highest BCUT2D eigenvalue weighted by molar-refractivity contribution is 5.93. The van der Waals surface area contributed by atoms with Crippen molar-refractivity contribution < 1.29 is 9.59 Å². The Hall–Kier alpha value is -2.64. The van der Waals surface area contributed by atoms with E-state index in [1.54, 1.807) is 6.20 Å². The van der Waals surface area contributed by atoms with Gasteiger partial charge >= 0.3 is 0 Å². The highest BCUT2D eigenvalue weighted by Crippen LogP contribution is 2.56. The lowest BCUT2D eigenvalue weighted by molar-refractivity contribution is -0.0270. The first-order chi connectivity index (χ1) is 13.9. The third-order valence-corrected chi connectivity index (χ3v) is 6.56. The first kappa shape index (κ1) is 19.7. The molecule has 2 amide bonds. The summed E-state index contributed by atoms with van der Waals surface area (Å²) in [5.41, 5.74) is 1.27. The number of piperidine rings is 1. The van der Waals surface area contributed by atoms with E-state index in [1.165, 1.54) is 0 Å². The fraction of sp³-hybridized carbons (Fsp3) is 0.619. The minimum atomic E-state index is -0.165. The molecule has 2 aromatic rings. The molecule has 1 spiro atoms. The van der Waals surface area contributed by atoms with Gasteiger partial charge in [0.1, 0.15) is 5.69 Å². The zero-order valence-electron chi connectivity index (χ0n) is 17.5. The number of nitrogens with one attached hydrogen (secondary N) is 1. The van der Waals surface area contributed by atoms with Crippen LogP contribution in [-0.4, -0.2) is 55.9 Å². The zero-order valence-corrected chi connectivity index (χ0v) is 17.5. The van der Waals surface area contributed by atoms with Crippen LogP contribution in [-0.2, 0) is 7.05 Å². The van der Waals surface area contributed by atoms with Gasteiger partial charge in [0.25, 0.3) is 11.8 Å². The monoisotopic (exact) mass is 398 g/mol. The molecule has 1 aliphatic carbocycles. The molecule has 1 aliphatic heterocycles. The van der Waals surface area contributed by atoms with Crippen molar-refractivity contribution in [1.82, 2.24) is 29.8 Å². The van der Waals surface area contributed by atoms with Gasteiger partial charge in [0.2, 0.25) is 0 Å². The second-order valence-electron chi connectivity index (χ2n) is 8.90. The summed E-state index contributed by atoms with van der Waals surface area (Å²) in [5, 5.41) is 11.3. The van der Waals surface area contributed by atoms with Crippen molar-refractivity contribution >= 4 is 11.8 Å². The fourth-order valence-corrected chi connectivity index (χ4v) is 4.60. The molecular weight excluding hydrogens is 368 g/mol. The number of aromatic nitrogens is 4. The van der Waals surface area contributed by atoms with Crippen LogP contribution in [0, 0.1) is 11.3 Å². The number of carbonyl (C=O) groups excluding carboxylic acids is 2. The van der Waals surface area contributed by atoms with Crippen molar-refractivity contribution in [1.29, 1.82) is 0 Å². The van der Waals surface area contributed by atoms with Crippen LogP contribution in [0.1, 0.15) is 66.5 Å². The van der Waals surface area contributed by atoms with Crippen LogP contribution < -0.4 is 5.32 Å². The Labute approximate surface area is 171 Å². The molecule has 1 N–H and O–H groups in total. The van der Waals surface area contributed by atoms with Gasteiger partial charge in [-0.2, -0.15) is 0 Å².